The summed E-state index contributed by atoms with van der Waals surface area (Å²) >= 11 is 1.46. The molecule has 1 N–H and O–H groups in total. The zero-order chi connectivity index (χ0) is 12.5. The third-order valence-electron chi connectivity index (χ3n) is 2.85. The SMILES string of the molecule is C[C@H]1SC(=Nc2ccc3ccccc3c2)NC1=O. The number of aliphatic imine (C=N–C) groups is 1. The molecule has 2 aromatic carbocycles. The van der Waals surface area contributed by atoms with Crippen molar-refractivity contribution in [3.63, 3.8) is 0 Å². The van der Waals surface area contributed by atoms with Crippen molar-refractivity contribution in [1.29, 1.82) is 0 Å². The zero-order valence-electron chi connectivity index (χ0n) is 9.88. The Labute approximate surface area is 109 Å². The molecule has 0 unspecified atom stereocenters. The fourth-order valence-corrected chi connectivity index (χ4v) is 2.69. The van der Waals surface area contributed by atoms with Crippen molar-refractivity contribution in [2.75, 3.05) is 0 Å². The fraction of sp³-hybridized carbons (Fsp3) is 0.143. The maximum Gasteiger partial charge on any atom is 0.239 e. The number of amidine groups is 1. The minimum absolute atomic E-state index is 0.0274. The molecule has 0 bridgehead atoms. The summed E-state index contributed by atoms with van der Waals surface area (Å²) in [6.07, 6.45) is 0. The van der Waals surface area contributed by atoms with Gasteiger partial charge >= 0.3 is 0 Å². The van der Waals surface area contributed by atoms with Crippen LogP contribution >= 0.6 is 11.8 Å². The van der Waals surface area contributed by atoms with Gasteiger partial charge in [-0.1, -0.05) is 42.1 Å². The Balaban J connectivity index is 1.96. The highest BCUT2D eigenvalue weighted by Crippen LogP contribution is 2.25. The predicted molar refractivity (Wildman–Crippen MR) is 76.2 cm³/mol. The first-order chi connectivity index (χ1) is 8.72. The van der Waals surface area contributed by atoms with E-state index in [1.165, 1.54) is 17.1 Å². The van der Waals surface area contributed by atoms with Crippen molar-refractivity contribution < 1.29 is 4.79 Å². The first-order valence-electron chi connectivity index (χ1n) is 5.77. The minimum atomic E-state index is -0.0517. The second kappa shape index (κ2) is 4.46. The smallest absolute Gasteiger partial charge is 0.239 e. The number of nitrogens with one attached hydrogen (secondary N) is 1. The largest absolute Gasteiger partial charge is 0.304 e. The lowest BCUT2D eigenvalue weighted by Crippen LogP contribution is -2.23. The summed E-state index contributed by atoms with van der Waals surface area (Å²) in [5.41, 5.74) is 0.866. The van der Waals surface area contributed by atoms with Crippen LogP contribution < -0.4 is 5.32 Å². The van der Waals surface area contributed by atoms with Crippen LogP contribution in [0.3, 0.4) is 0 Å². The lowest BCUT2D eigenvalue weighted by molar-refractivity contribution is -0.118. The Morgan fingerprint density at radius 3 is 2.67 bits per heavy atom. The Morgan fingerprint density at radius 1 is 1.17 bits per heavy atom. The molecular formula is C14H12N2OS. The van der Waals surface area contributed by atoms with E-state index in [1.54, 1.807) is 0 Å². The normalized spacial score (nSPS) is 21.5. The first kappa shape index (κ1) is 11.3. The highest BCUT2D eigenvalue weighted by Gasteiger charge is 2.25. The maximum absolute atomic E-state index is 11.4. The van der Waals surface area contributed by atoms with Crippen LogP contribution in [0.15, 0.2) is 47.5 Å². The molecule has 3 rings (SSSR count). The zero-order valence-corrected chi connectivity index (χ0v) is 10.7. The van der Waals surface area contributed by atoms with Gasteiger partial charge < -0.3 is 5.32 Å². The number of carbonyl (C=O) groups is 1. The summed E-state index contributed by atoms with van der Waals surface area (Å²) in [5.74, 6) is 0.0274. The molecule has 0 aliphatic carbocycles. The predicted octanol–water partition coefficient (Wildman–Crippen LogP) is 3.08. The van der Waals surface area contributed by atoms with Crippen LogP contribution in [0, 0.1) is 0 Å². The molecule has 0 aromatic heterocycles. The lowest BCUT2D eigenvalue weighted by Gasteiger charge is -2.00. The van der Waals surface area contributed by atoms with E-state index in [0.717, 1.165) is 11.1 Å². The second-order valence-corrected chi connectivity index (χ2v) is 5.53. The number of carbonyl (C=O) groups excluding carboxylic acids is 1. The van der Waals surface area contributed by atoms with Gasteiger partial charge in [-0.25, -0.2) is 4.99 Å². The van der Waals surface area contributed by atoms with Gasteiger partial charge in [-0.15, -0.1) is 0 Å². The summed E-state index contributed by atoms with van der Waals surface area (Å²) in [6, 6.07) is 14.2. The quantitative estimate of drug-likeness (QED) is 0.852. The van der Waals surface area contributed by atoms with E-state index >= 15 is 0 Å². The lowest BCUT2D eigenvalue weighted by atomic mass is 10.1. The Kier molecular flexibility index (Phi) is 2.80. The highest BCUT2D eigenvalue weighted by molar-refractivity contribution is 8.15. The van der Waals surface area contributed by atoms with Crippen molar-refractivity contribution >= 4 is 39.3 Å². The Morgan fingerprint density at radius 2 is 1.94 bits per heavy atom. The van der Waals surface area contributed by atoms with E-state index in [9.17, 15) is 4.79 Å². The fourth-order valence-electron chi connectivity index (χ4n) is 1.88. The van der Waals surface area contributed by atoms with Gasteiger partial charge in [0.25, 0.3) is 0 Å². The Hall–Kier alpha value is -1.81. The minimum Gasteiger partial charge on any atom is -0.304 e. The third kappa shape index (κ3) is 2.11. The molecule has 2 aromatic rings. The molecule has 18 heavy (non-hydrogen) atoms. The molecule has 1 aliphatic heterocycles. The van der Waals surface area contributed by atoms with E-state index in [2.05, 4.69) is 22.4 Å². The van der Waals surface area contributed by atoms with Crippen LogP contribution in [0.1, 0.15) is 6.92 Å². The van der Waals surface area contributed by atoms with Gasteiger partial charge in [0.1, 0.15) is 0 Å². The standard InChI is InChI=1S/C14H12N2OS/c1-9-13(17)16-14(18-9)15-12-7-6-10-4-2-3-5-11(10)8-12/h2-9H,1H3,(H,15,16,17)/t9-/m1/s1. The second-order valence-electron chi connectivity index (χ2n) is 4.20. The molecule has 4 heteroatoms. The number of thioether (sulfide) groups is 1. The van der Waals surface area contributed by atoms with Crippen molar-refractivity contribution in [1.82, 2.24) is 5.32 Å². The molecule has 1 fully saturated rings. The van der Waals surface area contributed by atoms with Gasteiger partial charge in [-0.3, -0.25) is 4.79 Å². The van der Waals surface area contributed by atoms with E-state index in [-0.39, 0.29) is 11.2 Å². The number of rotatable bonds is 1. The molecule has 3 nitrogen and oxygen atoms in total. The van der Waals surface area contributed by atoms with Crippen LogP contribution in [0.25, 0.3) is 10.8 Å². The molecule has 0 spiro atoms. The monoisotopic (exact) mass is 256 g/mol. The van der Waals surface area contributed by atoms with Crippen LogP contribution in [-0.4, -0.2) is 16.3 Å². The average molecular weight is 256 g/mol. The van der Waals surface area contributed by atoms with Crippen LogP contribution in [0.2, 0.25) is 0 Å². The number of hydrogen-bond acceptors (Lipinski definition) is 3. The van der Waals surface area contributed by atoms with E-state index < -0.39 is 0 Å². The summed E-state index contributed by atoms with van der Waals surface area (Å²) in [7, 11) is 0. The molecular weight excluding hydrogens is 244 g/mol. The average Bonchev–Trinajstić information content (AvgIpc) is 2.68. The number of benzene rings is 2. The summed E-state index contributed by atoms with van der Waals surface area (Å²) in [4.78, 5) is 15.8. The van der Waals surface area contributed by atoms with E-state index in [1.807, 2.05) is 37.3 Å². The number of nitrogens with zero attached hydrogens (tertiary/aromatic N) is 1. The van der Waals surface area contributed by atoms with Crippen LogP contribution in [0.4, 0.5) is 5.69 Å². The number of amides is 1. The molecule has 0 saturated carbocycles. The van der Waals surface area contributed by atoms with Gasteiger partial charge in [-0.05, 0) is 29.8 Å². The Bertz CT molecular complexity index is 651. The van der Waals surface area contributed by atoms with Crippen molar-refractivity contribution in [2.45, 2.75) is 12.2 Å². The molecule has 1 amide bonds. The number of fused-ring (bicyclic) bond motifs is 1. The highest BCUT2D eigenvalue weighted by atomic mass is 32.2. The topological polar surface area (TPSA) is 41.5 Å². The molecule has 0 radical (unpaired) electrons. The van der Waals surface area contributed by atoms with Gasteiger partial charge in [0.2, 0.25) is 5.91 Å². The van der Waals surface area contributed by atoms with Gasteiger partial charge in [0, 0.05) is 0 Å². The maximum atomic E-state index is 11.4. The van der Waals surface area contributed by atoms with Gasteiger partial charge in [-0.2, -0.15) is 0 Å². The summed E-state index contributed by atoms with van der Waals surface area (Å²) in [5, 5.41) is 5.75. The van der Waals surface area contributed by atoms with Gasteiger partial charge in [0.05, 0.1) is 10.9 Å². The third-order valence-corrected chi connectivity index (χ3v) is 3.84. The first-order valence-corrected chi connectivity index (χ1v) is 6.65. The summed E-state index contributed by atoms with van der Waals surface area (Å²) in [6.45, 7) is 1.88. The molecule has 1 atom stereocenters. The molecule has 1 heterocycles. The van der Waals surface area contributed by atoms with Gasteiger partial charge in [0.15, 0.2) is 5.17 Å². The van der Waals surface area contributed by atoms with Crippen molar-refractivity contribution in [3.05, 3.63) is 42.5 Å². The van der Waals surface area contributed by atoms with Crippen molar-refractivity contribution in [2.24, 2.45) is 4.99 Å². The van der Waals surface area contributed by atoms with E-state index in [0.29, 0.717) is 5.17 Å². The van der Waals surface area contributed by atoms with Crippen LogP contribution in [-0.2, 0) is 4.79 Å². The molecule has 1 saturated heterocycles. The molecule has 1 aliphatic rings. The van der Waals surface area contributed by atoms with E-state index in [4.69, 9.17) is 0 Å². The number of hydrogen-bond donors (Lipinski definition) is 1. The summed E-state index contributed by atoms with van der Waals surface area (Å²) < 4.78 is 0. The van der Waals surface area contributed by atoms with Crippen molar-refractivity contribution in [3.8, 4) is 0 Å². The molecule has 90 valence electrons. The van der Waals surface area contributed by atoms with Crippen LogP contribution in [0.5, 0.6) is 0 Å².